The number of rotatable bonds is 5. The van der Waals surface area contributed by atoms with Crippen molar-refractivity contribution in [3.05, 3.63) is 23.9 Å². The Morgan fingerprint density at radius 2 is 2.36 bits per heavy atom. The van der Waals surface area contributed by atoms with Crippen LogP contribution >= 0.6 is 0 Å². The van der Waals surface area contributed by atoms with Crippen LogP contribution in [-0.2, 0) is 0 Å². The fourth-order valence-electron chi connectivity index (χ4n) is 3.57. The van der Waals surface area contributed by atoms with E-state index in [2.05, 4.69) is 15.2 Å². The number of carbonyl (C=O) groups excluding carboxylic acids is 1. The van der Waals surface area contributed by atoms with Crippen molar-refractivity contribution in [1.29, 1.82) is 0 Å². The Balaban J connectivity index is 1.77. The Kier molecular flexibility index (Phi) is 4.34. The van der Waals surface area contributed by atoms with Crippen molar-refractivity contribution in [1.82, 2.24) is 10.3 Å². The lowest BCUT2D eigenvalue weighted by Gasteiger charge is -2.42. The van der Waals surface area contributed by atoms with E-state index in [1.165, 1.54) is 12.8 Å². The highest BCUT2D eigenvalue weighted by Crippen LogP contribution is 2.44. The Bertz CT molecular complexity index is 544. The third-order valence-corrected chi connectivity index (χ3v) is 4.97. The molecule has 0 radical (unpaired) electrons. The molecule has 0 bridgehead atoms. The van der Waals surface area contributed by atoms with Crippen LogP contribution in [-0.4, -0.2) is 42.7 Å². The number of piperidine rings is 1. The van der Waals surface area contributed by atoms with Crippen LogP contribution in [0.25, 0.3) is 0 Å². The molecule has 1 aromatic rings. The second kappa shape index (κ2) is 6.24. The smallest absolute Gasteiger partial charge is 0.251 e. The molecule has 120 valence electrons. The monoisotopic (exact) mass is 303 g/mol. The van der Waals surface area contributed by atoms with Crippen LogP contribution in [0, 0.1) is 11.3 Å². The zero-order valence-corrected chi connectivity index (χ0v) is 13.2. The summed E-state index contributed by atoms with van der Waals surface area (Å²) in [6.45, 7) is 2.02. The zero-order valence-electron chi connectivity index (χ0n) is 13.2. The molecule has 1 atom stereocenters. The van der Waals surface area contributed by atoms with Crippen molar-refractivity contribution in [2.75, 3.05) is 31.6 Å². The topological polar surface area (TPSA) is 65.5 Å². The van der Waals surface area contributed by atoms with E-state index < -0.39 is 0 Å². The van der Waals surface area contributed by atoms with Gasteiger partial charge in [0.05, 0.1) is 6.61 Å². The van der Waals surface area contributed by atoms with Crippen LogP contribution < -0.4 is 10.2 Å². The number of pyridine rings is 1. The van der Waals surface area contributed by atoms with E-state index in [-0.39, 0.29) is 17.9 Å². The number of nitrogens with one attached hydrogen (secondary N) is 1. The molecule has 5 nitrogen and oxygen atoms in total. The van der Waals surface area contributed by atoms with Crippen LogP contribution in [0.4, 0.5) is 5.82 Å². The van der Waals surface area contributed by atoms with Crippen molar-refractivity contribution in [2.45, 2.75) is 32.1 Å². The molecule has 1 amide bonds. The summed E-state index contributed by atoms with van der Waals surface area (Å²) in [5.74, 6) is 1.55. The van der Waals surface area contributed by atoms with Gasteiger partial charge in [0, 0.05) is 37.3 Å². The van der Waals surface area contributed by atoms with Gasteiger partial charge in [-0.1, -0.05) is 12.8 Å². The average Bonchev–Trinajstić information content (AvgIpc) is 3.38. The molecule has 22 heavy (non-hydrogen) atoms. The third kappa shape index (κ3) is 3.24. The number of amides is 1. The Labute approximate surface area is 131 Å². The summed E-state index contributed by atoms with van der Waals surface area (Å²) in [5.41, 5.74) is 0.638. The first-order valence-electron chi connectivity index (χ1n) is 8.20. The highest BCUT2D eigenvalue weighted by Gasteiger charge is 2.40. The number of nitrogens with zero attached hydrogens (tertiary/aromatic N) is 2. The van der Waals surface area contributed by atoms with E-state index in [1.54, 1.807) is 19.3 Å². The van der Waals surface area contributed by atoms with Crippen molar-refractivity contribution in [2.24, 2.45) is 11.3 Å². The predicted octanol–water partition coefficient (Wildman–Crippen LogP) is 1.82. The van der Waals surface area contributed by atoms with Crippen LogP contribution in [0.5, 0.6) is 0 Å². The molecule has 0 aromatic carbocycles. The maximum atomic E-state index is 11.8. The van der Waals surface area contributed by atoms with Crippen LogP contribution in [0.15, 0.2) is 18.3 Å². The summed E-state index contributed by atoms with van der Waals surface area (Å²) < 4.78 is 0. The predicted molar refractivity (Wildman–Crippen MR) is 85.9 cm³/mol. The van der Waals surface area contributed by atoms with Crippen LogP contribution in [0.3, 0.4) is 0 Å². The second-order valence-corrected chi connectivity index (χ2v) is 6.81. The lowest BCUT2D eigenvalue weighted by atomic mass is 9.76. The van der Waals surface area contributed by atoms with Crippen LogP contribution in [0.2, 0.25) is 0 Å². The summed E-state index contributed by atoms with van der Waals surface area (Å²) in [4.78, 5) is 18.5. The van der Waals surface area contributed by atoms with E-state index >= 15 is 0 Å². The highest BCUT2D eigenvalue weighted by molar-refractivity contribution is 5.94. The van der Waals surface area contributed by atoms with Crippen LogP contribution in [0.1, 0.15) is 42.5 Å². The van der Waals surface area contributed by atoms with E-state index in [9.17, 15) is 9.90 Å². The summed E-state index contributed by atoms with van der Waals surface area (Å²) in [6.07, 6.45) is 7.59. The maximum Gasteiger partial charge on any atom is 0.251 e. The molecule has 0 spiro atoms. The van der Waals surface area contributed by atoms with Gasteiger partial charge in [-0.05, 0) is 37.3 Å². The molecule has 2 aliphatic rings. The molecule has 1 saturated heterocycles. The number of aliphatic hydroxyl groups excluding tert-OH is 1. The molecule has 2 fully saturated rings. The average molecular weight is 303 g/mol. The Morgan fingerprint density at radius 1 is 1.55 bits per heavy atom. The Hall–Kier alpha value is -1.62. The Morgan fingerprint density at radius 3 is 3.05 bits per heavy atom. The number of carbonyl (C=O) groups is 1. The molecule has 2 heterocycles. The standard InChI is InChI=1S/C17H25N3O2/c1-18-16(22)14-5-7-19-15(9-14)20-8-2-6-17(11-20,12-21)10-13-3-4-13/h5,7,9,13,21H,2-4,6,8,10-12H2,1H3,(H,18,22)/t17-/m1/s1. The number of aliphatic hydroxyl groups is 1. The number of anilines is 1. The molecule has 3 rings (SSSR count). The molecule has 1 aromatic heterocycles. The molecule has 2 N–H and O–H groups in total. The molecular formula is C17H25N3O2. The van der Waals surface area contributed by atoms with Gasteiger partial charge < -0.3 is 15.3 Å². The molecule has 1 aliphatic heterocycles. The van der Waals surface area contributed by atoms with E-state index in [0.29, 0.717) is 5.56 Å². The van der Waals surface area contributed by atoms with Gasteiger partial charge in [-0.3, -0.25) is 4.79 Å². The van der Waals surface area contributed by atoms with Gasteiger partial charge in [-0.25, -0.2) is 4.98 Å². The molecule has 1 aliphatic carbocycles. The number of hydrogen-bond acceptors (Lipinski definition) is 4. The fourth-order valence-corrected chi connectivity index (χ4v) is 3.57. The van der Waals surface area contributed by atoms with Gasteiger partial charge in [-0.15, -0.1) is 0 Å². The first kappa shape index (κ1) is 15.3. The van der Waals surface area contributed by atoms with Gasteiger partial charge in [0.2, 0.25) is 0 Å². The summed E-state index contributed by atoms with van der Waals surface area (Å²) in [6, 6.07) is 3.58. The van der Waals surface area contributed by atoms with Crippen molar-refractivity contribution >= 4 is 11.7 Å². The normalized spacial score (nSPS) is 25.1. The van der Waals surface area contributed by atoms with E-state index in [0.717, 1.165) is 44.1 Å². The maximum absolute atomic E-state index is 11.8. The largest absolute Gasteiger partial charge is 0.396 e. The van der Waals surface area contributed by atoms with Crippen molar-refractivity contribution in [3.8, 4) is 0 Å². The van der Waals surface area contributed by atoms with Crippen molar-refractivity contribution < 1.29 is 9.90 Å². The van der Waals surface area contributed by atoms with Crippen molar-refractivity contribution in [3.63, 3.8) is 0 Å². The van der Waals surface area contributed by atoms with Gasteiger partial charge in [0.15, 0.2) is 0 Å². The third-order valence-electron chi connectivity index (χ3n) is 4.97. The molecule has 1 saturated carbocycles. The zero-order chi connectivity index (χ0) is 15.6. The summed E-state index contributed by atoms with van der Waals surface area (Å²) in [7, 11) is 1.63. The molecule has 0 unspecified atom stereocenters. The SMILES string of the molecule is CNC(=O)c1ccnc(N2CCC[C@@](CO)(CC3CC3)C2)c1. The lowest BCUT2D eigenvalue weighted by molar-refractivity contribution is 0.0901. The van der Waals surface area contributed by atoms with Gasteiger partial charge in [0.25, 0.3) is 5.91 Å². The molecule has 5 heteroatoms. The molecular weight excluding hydrogens is 278 g/mol. The lowest BCUT2D eigenvalue weighted by Crippen LogP contribution is -2.46. The minimum absolute atomic E-state index is 0.00408. The highest BCUT2D eigenvalue weighted by atomic mass is 16.3. The number of hydrogen-bond donors (Lipinski definition) is 2. The van der Waals surface area contributed by atoms with E-state index in [1.807, 2.05) is 6.07 Å². The minimum atomic E-state index is -0.0907. The summed E-state index contributed by atoms with van der Waals surface area (Å²) >= 11 is 0. The first-order valence-corrected chi connectivity index (χ1v) is 8.20. The fraction of sp³-hybridized carbons (Fsp3) is 0.647. The van der Waals surface area contributed by atoms with Gasteiger partial charge >= 0.3 is 0 Å². The minimum Gasteiger partial charge on any atom is -0.396 e. The summed E-state index contributed by atoms with van der Waals surface area (Å²) in [5, 5.41) is 12.6. The van der Waals surface area contributed by atoms with E-state index in [4.69, 9.17) is 0 Å². The second-order valence-electron chi connectivity index (χ2n) is 6.81. The van der Waals surface area contributed by atoms with Gasteiger partial charge in [0.1, 0.15) is 5.82 Å². The van der Waals surface area contributed by atoms with Gasteiger partial charge in [-0.2, -0.15) is 0 Å². The first-order chi connectivity index (χ1) is 10.7. The number of aromatic nitrogens is 1. The quantitative estimate of drug-likeness (QED) is 0.871.